The van der Waals surface area contributed by atoms with Crippen LogP contribution in [0.25, 0.3) is 0 Å². The van der Waals surface area contributed by atoms with E-state index in [1.165, 1.54) is 0 Å². The molecule has 0 unspecified atom stereocenters. The maximum atomic E-state index is 3.85. The highest BCUT2D eigenvalue weighted by molar-refractivity contribution is 9.10. The monoisotopic (exact) mass is 191 g/mol. The first kappa shape index (κ1) is 7.85. The average Bonchev–Trinajstić information content (AvgIpc) is 2.24. The molecule has 44 valence electrons. The number of aromatic nitrogens is 1. The number of nitrogens with zero attached hydrogens (tertiary/aromatic N) is 1. The van der Waals surface area contributed by atoms with Crippen LogP contribution >= 0.6 is 27.3 Å². The van der Waals surface area contributed by atoms with E-state index in [9.17, 15) is 0 Å². The molecule has 1 nitrogen and oxygen atoms in total. The predicted octanol–water partition coefficient (Wildman–Crippen LogP) is 2.71. The van der Waals surface area contributed by atoms with Crippen molar-refractivity contribution in [3.8, 4) is 0 Å². The van der Waals surface area contributed by atoms with Crippen LogP contribution in [0, 0.1) is 0 Å². The van der Waals surface area contributed by atoms with Crippen molar-refractivity contribution in [3.05, 3.63) is 28.7 Å². The summed E-state index contributed by atoms with van der Waals surface area (Å²) in [5.74, 6) is 0. The van der Waals surface area contributed by atoms with Crippen molar-refractivity contribution in [2.75, 3.05) is 0 Å². The molecular weight excluding hydrogens is 186 g/mol. The molecule has 1 rings (SSSR count). The Balaban J connectivity index is 0.000000222. The molecule has 1 aromatic rings. The van der Waals surface area contributed by atoms with E-state index in [4.69, 9.17) is 0 Å². The third kappa shape index (κ3) is 2.93. The van der Waals surface area contributed by atoms with Crippen LogP contribution in [-0.4, -0.2) is 4.98 Å². The Morgan fingerprint density at radius 2 is 2.25 bits per heavy atom. The molecular formula is C5H6BrNS. The number of hydrogen-bond donors (Lipinski definition) is 0. The number of hydrogen-bond acceptors (Lipinski definition) is 2. The van der Waals surface area contributed by atoms with Gasteiger partial charge in [-0.1, -0.05) is 0 Å². The zero-order valence-electron chi connectivity index (χ0n) is 4.30. The Hall–Kier alpha value is -0.150. The second-order valence-corrected chi connectivity index (χ2v) is 2.34. The van der Waals surface area contributed by atoms with Crippen molar-refractivity contribution in [1.82, 2.24) is 4.98 Å². The third-order valence-corrected chi connectivity index (χ3v) is 1.73. The van der Waals surface area contributed by atoms with Gasteiger partial charge >= 0.3 is 0 Å². The summed E-state index contributed by atoms with van der Waals surface area (Å²) >= 11 is 4.76. The van der Waals surface area contributed by atoms with Gasteiger partial charge in [0.2, 0.25) is 0 Å². The lowest BCUT2D eigenvalue weighted by atomic mass is 11.0. The fourth-order valence-corrected chi connectivity index (χ4v) is 1.17. The topological polar surface area (TPSA) is 12.9 Å². The first-order valence-corrected chi connectivity index (χ1v) is 3.67. The van der Waals surface area contributed by atoms with Gasteiger partial charge in [-0.2, -0.15) is 0 Å². The average molecular weight is 192 g/mol. The van der Waals surface area contributed by atoms with Gasteiger partial charge in [-0.25, -0.2) is 4.98 Å². The highest BCUT2D eigenvalue weighted by atomic mass is 79.9. The van der Waals surface area contributed by atoms with E-state index >= 15 is 0 Å². The molecule has 3 heteroatoms. The van der Waals surface area contributed by atoms with Gasteiger partial charge in [-0.3, -0.25) is 0 Å². The standard InChI is InChI=1S/C3H2BrNS.C2H4/c4-3-1-6-2-5-3;1-2/h1-2H;1-2H2. The van der Waals surface area contributed by atoms with E-state index in [1.807, 2.05) is 5.38 Å². The van der Waals surface area contributed by atoms with Crippen LogP contribution in [0.3, 0.4) is 0 Å². The molecule has 0 N–H and O–H groups in total. The summed E-state index contributed by atoms with van der Waals surface area (Å²) in [6, 6.07) is 0. The lowest BCUT2D eigenvalue weighted by Gasteiger charge is -1.61. The van der Waals surface area contributed by atoms with Gasteiger partial charge in [0.1, 0.15) is 4.60 Å². The molecule has 0 saturated carbocycles. The van der Waals surface area contributed by atoms with Crippen LogP contribution in [0.15, 0.2) is 28.7 Å². The van der Waals surface area contributed by atoms with Gasteiger partial charge in [0, 0.05) is 5.38 Å². The molecule has 8 heavy (non-hydrogen) atoms. The number of thiazole rings is 1. The molecule has 1 heterocycles. The highest BCUT2D eigenvalue weighted by Gasteiger charge is 1.78. The number of halogens is 1. The van der Waals surface area contributed by atoms with E-state index in [0.29, 0.717) is 0 Å². The lowest BCUT2D eigenvalue weighted by molar-refractivity contribution is 1.37. The minimum Gasteiger partial charge on any atom is -0.238 e. The van der Waals surface area contributed by atoms with Crippen molar-refractivity contribution in [2.24, 2.45) is 0 Å². The van der Waals surface area contributed by atoms with Gasteiger partial charge in [0.25, 0.3) is 0 Å². The van der Waals surface area contributed by atoms with Crippen LogP contribution in [0.4, 0.5) is 0 Å². The van der Waals surface area contributed by atoms with Gasteiger partial charge in [0.05, 0.1) is 5.51 Å². The zero-order valence-corrected chi connectivity index (χ0v) is 6.70. The second-order valence-electron chi connectivity index (χ2n) is 0.811. The SMILES string of the molecule is Brc1cscn1.C=C. The first-order valence-electron chi connectivity index (χ1n) is 1.93. The Morgan fingerprint density at radius 1 is 1.62 bits per heavy atom. The molecule has 0 fully saturated rings. The van der Waals surface area contributed by atoms with E-state index in [2.05, 4.69) is 34.1 Å². The van der Waals surface area contributed by atoms with Gasteiger partial charge in [0.15, 0.2) is 0 Å². The maximum Gasteiger partial charge on any atom is 0.116 e. The van der Waals surface area contributed by atoms with Crippen LogP contribution in [0.5, 0.6) is 0 Å². The molecule has 0 aliphatic carbocycles. The molecule has 0 aromatic carbocycles. The second kappa shape index (κ2) is 5.00. The van der Waals surface area contributed by atoms with E-state index in [0.717, 1.165) is 4.60 Å². The third-order valence-electron chi connectivity index (χ3n) is 0.402. The Morgan fingerprint density at radius 3 is 2.38 bits per heavy atom. The molecule has 0 radical (unpaired) electrons. The van der Waals surface area contributed by atoms with Crippen molar-refractivity contribution in [2.45, 2.75) is 0 Å². The lowest BCUT2D eigenvalue weighted by Crippen LogP contribution is -1.50. The van der Waals surface area contributed by atoms with Gasteiger partial charge in [-0.05, 0) is 15.9 Å². The summed E-state index contributed by atoms with van der Waals surface area (Å²) in [7, 11) is 0. The summed E-state index contributed by atoms with van der Waals surface area (Å²) < 4.78 is 0.924. The van der Waals surface area contributed by atoms with Gasteiger partial charge in [-0.15, -0.1) is 24.5 Å². The first-order chi connectivity index (χ1) is 3.89. The maximum absolute atomic E-state index is 3.85. The molecule has 0 atom stereocenters. The fraction of sp³-hybridized carbons (Fsp3) is 0. The zero-order chi connectivity index (χ0) is 6.41. The van der Waals surface area contributed by atoms with E-state index in [-0.39, 0.29) is 0 Å². The Bertz CT molecular complexity index is 127. The normalized spacial score (nSPS) is 7.12. The van der Waals surface area contributed by atoms with Crippen molar-refractivity contribution in [1.29, 1.82) is 0 Å². The quantitative estimate of drug-likeness (QED) is 0.576. The van der Waals surface area contributed by atoms with Crippen molar-refractivity contribution < 1.29 is 0 Å². The summed E-state index contributed by atoms with van der Waals surface area (Å²) in [6.45, 7) is 6.00. The minimum atomic E-state index is 0.924. The van der Waals surface area contributed by atoms with Crippen LogP contribution in [0.1, 0.15) is 0 Å². The molecule has 0 aliphatic rings. The summed E-state index contributed by atoms with van der Waals surface area (Å²) in [6.07, 6.45) is 0. The molecule has 0 saturated heterocycles. The van der Waals surface area contributed by atoms with Gasteiger partial charge < -0.3 is 0 Å². The van der Waals surface area contributed by atoms with Crippen molar-refractivity contribution in [3.63, 3.8) is 0 Å². The molecule has 0 bridgehead atoms. The van der Waals surface area contributed by atoms with Crippen LogP contribution in [0.2, 0.25) is 0 Å². The smallest absolute Gasteiger partial charge is 0.116 e. The Labute approximate surface area is 61.2 Å². The van der Waals surface area contributed by atoms with Crippen molar-refractivity contribution >= 4 is 27.3 Å². The van der Waals surface area contributed by atoms with E-state index < -0.39 is 0 Å². The fourth-order valence-electron chi connectivity index (χ4n) is 0.198. The molecule has 0 spiro atoms. The highest BCUT2D eigenvalue weighted by Crippen LogP contribution is 2.06. The molecule has 0 aliphatic heterocycles. The largest absolute Gasteiger partial charge is 0.238 e. The summed E-state index contributed by atoms with van der Waals surface area (Å²) in [4.78, 5) is 3.85. The molecule has 1 aromatic heterocycles. The van der Waals surface area contributed by atoms with Crippen LogP contribution in [-0.2, 0) is 0 Å². The number of rotatable bonds is 0. The minimum absolute atomic E-state index is 0.924. The summed E-state index contributed by atoms with van der Waals surface area (Å²) in [5, 5.41) is 1.93. The summed E-state index contributed by atoms with van der Waals surface area (Å²) in [5.41, 5.74) is 1.78. The van der Waals surface area contributed by atoms with Crippen LogP contribution < -0.4 is 0 Å². The molecule has 0 amide bonds. The predicted molar refractivity (Wildman–Crippen MR) is 41.1 cm³/mol. The van der Waals surface area contributed by atoms with E-state index in [1.54, 1.807) is 16.8 Å². The Kier molecular flexibility index (Phi) is 4.90.